The Kier molecular flexibility index (Phi) is 4.25. The molecule has 3 rings (SSSR count). The first kappa shape index (κ1) is 14.8. The Morgan fingerprint density at radius 3 is 2.09 bits per heavy atom. The summed E-state index contributed by atoms with van der Waals surface area (Å²) in [6, 6.07) is 17.0. The molecule has 0 aliphatic carbocycles. The zero-order chi connectivity index (χ0) is 15.5. The average molecular weight is 308 g/mol. The summed E-state index contributed by atoms with van der Waals surface area (Å²) in [4.78, 5) is 6.12. The molecule has 0 bridgehead atoms. The lowest BCUT2D eigenvalue weighted by molar-refractivity contribution is 1.17. The standard InChI is InChI=1S/C19H20N2S/c1-4-17-18(15-9-5-13(2)6-10-15)21-19(22-17)20-16-11-7-14(3)8-12-16/h5-12H,4H2,1-3H3,(H,20,21). The van der Waals surface area contributed by atoms with Gasteiger partial charge in [0, 0.05) is 16.1 Å². The van der Waals surface area contributed by atoms with Crippen LogP contribution in [0.4, 0.5) is 10.8 Å². The van der Waals surface area contributed by atoms with Crippen LogP contribution in [0.2, 0.25) is 0 Å². The molecule has 0 radical (unpaired) electrons. The van der Waals surface area contributed by atoms with E-state index in [-0.39, 0.29) is 0 Å². The van der Waals surface area contributed by atoms with Crippen molar-refractivity contribution in [2.45, 2.75) is 27.2 Å². The quantitative estimate of drug-likeness (QED) is 0.665. The number of rotatable bonds is 4. The van der Waals surface area contributed by atoms with Crippen molar-refractivity contribution in [2.75, 3.05) is 5.32 Å². The van der Waals surface area contributed by atoms with Gasteiger partial charge >= 0.3 is 0 Å². The van der Waals surface area contributed by atoms with E-state index in [0.717, 1.165) is 22.9 Å². The van der Waals surface area contributed by atoms with Crippen molar-refractivity contribution in [3.63, 3.8) is 0 Å². The lowest BCUT2D eigenvalue weighted by Crippen LogP contribution is -1.89. The van der Waals surface area contributed by atoms with Crippen LogP contribution in [0.25, 0.3) is 11.3 Å². The maximum Gasteiger partial charge on any atom is 0.187 e. The van der Waals surface area contributed by atoms with E-state index >= 15 is 0 Å². The molecule has 0 fully saturated rings. The third kappa shape index (κ3) is 3.20. The second kappa shape index (κ2) is 6.32. The predicted molar refractivity (Wildman–Crippen MR) is 96.1 cm³/mol. The van der Waals surface area contributed by atoms with Crippen LogP contribution < -0.4 is 5.32 Å². The molecule has 1 aromatic heterocycles. The van der Waals surface area contributed by atoms with Crippen LogP contribution >= 0.6 is 11.3 Å². The van der Waals surface area contributed by atoms with E-state index in [0.29, 0.717) is 0 Å². The van der Waals surface area contributed by atoms with E-state index in [1.54, 1.807) is 11.3 Å². The van der Waals surface area contributed by atoms with Crippen LogP contribution in [-0.2, 0) is 6.42 Å². The van der Waals surface area contributed by atoms with Gasteiger partial charge < -0.3 is 5.32 Å². The summed E-state index contributed by atoms with van der Waals surface area (Å²) in [7, 11) is 0. The third-order valence-corrected chi connectivity index (χ3v) is 4.76. The molecule has 0 atom stereocenters. The van der Waals surface area contributed by atoms with Crippen molar-refractivity contribution < 1.29 is 0 Å². The maximum absolute atomic E-state index is 4.81. The highest BCUT2D eigenvalue weighted by Crippen LogP contribution is 2.33. The summed E-state index contributed by atoms with van der Waals surface area (Å²) in [6.07, 6.45) is 0.996. The average Bonchev–Trinajstić information content (AvgIpc) is 2.93. The molecule has 0 aliphatic heterocycles. The number of anilines is 2. The molecule has 2 aromatic carbocycles. The van der Waals surface area contributed by atoms with Crippen molar-refractivity contribution in [3.05, 3.63) is 64.5 Å². The van der Waals surface area contributed by atoms with Gasteiger partial charge in [-0.3, -0.25) is 0 Å². The van der Waals surface area contributed by atoms with E-state index in [2.05, 4.69) is 74.6 Å². The number of aromatic nitrogens is 1. The molecule has 0 amide bonds. The molecule has 1 N–H and O–H groups in total. The SMILES string of the molecule is CCc1sc(Nc2ccc(C)cc2)nc1-c1ccc(C)cc1. The lowest BCUT2D eigenvalue weighted by atomic mass is 10.1. The fourth-order valence-electron chi connectivity index (χ4n) is 2.34. The molecule has 3 heteroatoms. The smallest absolute Gasteiger partial charge is 0.187 e. The first-order valence-electron chi connectivity index (χ1n) is 7.56. The second-order valence-electron chi connectivity index (χ2n) is 5.50. The van der Waals surface area contributed by atoms with Crippen molar-refractivity contribution in [1.29, 1.82) is 0 Å². The predicted octanol–water partition coefficient (Wildman–Crippen LogP) is 5.73. The van der Waals surface area contributed by atoms with Crippen LogP contribution in [-0.4, -0.2) is 4.98 Å². The molecular weight excluding hydrogens is 288 g/mol. The van der Waals surface area contributed by atoms with Crippen LogP contribution in [0, 0.1) is 13.8 Å². The monoisotopic (exact) mass is 308 g/mol. The molecule has 0 unspecified atom stereocenters. The normalized spacial score (nSPS) is 10.7. The molecule has 112 valence electrons. The van der Waals surface area contributed by atoms with Crippen molar-refractivity contribution in [2.24, 2.45) is 0 Å². The molecule has 1 heterocycles. The first-order chi connectivity index (χ1) is 10.7. The number of nitrogens with one attached hydrogen (secondary N) is 1. The van der Waals surface area contributed by atoms with Gasteiger partial charge in [-0.25, -0.2) is 4.98 Å². The Balaban J connectivity index is 1.90. The summed E-state index contributed by atoms with van der Waals surface area (Å²) in [5.74, 6) is 0. The van der Waals surface area contributed by atoms with Crippen molar-refractivity contribution >= 4 is 22.2 Å². The van der Waals surface area contributed by atoms with Crippen molar-refractivity contribution in [1.82, 2.24) is 4.98 Å². The van der Waals surface area contributed by atoms with E-state index in [4.69, 9.17) is 4.98 Å². The van der Waals surface area contributed by atoms with Crippen LogP contribution in [0.5, 0.6) is 0 Å². The fourth-order valence-corrected chi connectivity index (χ4v) is 3.29. The molecular formula is C19H20N2S. The number of thiazole rings is 1. The summed E-state index contributed by atoms with van der Waals surface area (Å²) >= 11 is 1.74. The lowest BCUT2D eigenvalue weighted by Gasteiger charge is -2.02. The Labute approximate surface area is 135 Å². The summed E-state index contributed by atoms with van der Waals surface area (Å²) in [5, 5.41) is 4.37. The molecule has 0 spiro atoms. The summed E-state index contributed by atoms with van der Waals surface area (Å²) in [5.41, 5.74) is 5.91. The van der Waals surface area contributed by atoms with Gasteiger partial charge in [0.2, 0.25) is 0 Å². The minimum atomic E-state index is 0.955. The summed E-state index contributed by atoms with van der Waals surface area (Å²) < 4.78 is 0. The highest BCUT2D eigenvalue weighted by atomic mass is 32.1. The van der Waals surface area contributed by atoms with E-state index in [9.17, 15) is 0 Å². The Bertz CT molecular complexity index is 755. The molecule has 3 aromatic rings. The van der Waals surface area contributed by atoms with E-state index < -0.39 is 0 Å². The van der Waals surface area contributed by atoms with Gasteiger partial charge in [0.1, 0.15) is 0 Å². The van der Waals surface area contributed by atoms with Gasteiger partial charge in [-0.15, -0.1) is 11.3 Å². The number of nitrogens with zero attached hydrogens (tertiary/aromatic N) is 1. The number of aryl methyl sites for hydroxylation is 3. The molecule has 0 saturated carbocycles. The maximum atomic E-state index is 4.81. The van der Waals surface area contributed by atoms with Gasteiger partial charge in [-0.1, -0.05) is 54.4 Å². The number of hydrogen-bond donors (Lipinski definition) is 1. The van der Waals surface area contributed by atoms with Gasteiger partial charge in [0.25, 0.3) is 0 Å². The highest BCUT2D eigenvalue weighted by Gasteiger charge is 2.11. The molecule has 0 saturated heterocycles. The van der Waals surface area contributed by atoms with Gasteiger partial charge in [-0.05, 0) is 32.4 Å². The van der Waals surface area contributed by atoms with Gasteiger partial charge in [0.05, 0.1) is 5.69 Å². The second-order valence-corrected chi connectivity index (χ2v) is 6.59. The topological polar surface area (TPSA) is 24.9 Å². The minimum absolute atomic E-state index is 0.955. The van der Waals surface area contributed by atoms with Crippen molar-refractivity contribution in [3.8, 4) is 11.3 Å². The van der Waals surface area contributed by atoms with E-state index in [1.807, 2.05) is 0 Å². The Morgan fingerprint density at radius 2 is 1.50 bits per heavy atom. The minimum Gasteiger partial charge on any atom is -0.332 e. The molecule has 22 heavy (non-hydrogen) atoms. The summed E-state index contributed by atoms with van der Waals surface area (Å²) in [6.45, 7) is 6.38. The Morgan fingerprint density at radius 1 is 0.909 bits per heavy atom. The van der Waals surface area contributed by atoms with Crippen LogP contribution in [0.3, 0.4) is 0 Å². The molecule has 0 aliphatic rings. The van der Waals surface area contributed by atoms with E-state index in [1.165, 1.54) is 21.6 Å². The van der Waals surface area contributed by atoms with Gasteiger partial charge in [-0.2, -0.15) is 0 Å². The fraction of sp³-hybridized carbons (Fsp3) is 0.211. The zero-order valence-electron chi connectivity index (χ0n) is 13.2. The Hall–Kier alpha value is -2.13. The van der Waals surface area contributed by atoms with Crippen LogP contribution in [0.15, 0.2) is 48.5 Å². The third-order valence-electron chi connectivity index (χ3n) is 3.65. The number of benzene rings is 2. The first-order valence-corrected chi connectivity index (χ1v) is 8.38. The highest BCUT2D eigenvalue weighted by molar-refractivity contribution is 7.16. The van der Waals surface area contributed by atoms with Crippen LogP contribution in [0.1, 0.15) is 22.9 Å². The largest absolute Gasteiger partial charge is 0.332 e. The van der Waals surface area contributed by atoms with Gasteiger partial charge in [0.15, 0.2) is 5.13 Å². The molecule has 2 nitrogen and oxygen atoms in total. The zero-order valence-corrected chi connectivity index (χ0v) is 14.0. The number of hydrogen-bond acceptors (Lipinski definition) is 3.